The van der Waals surface area contributed by atoms with Gasteiger partial charge in [-0.15, -0.1) is 19.0 Å². The SMILES string of the molecule is C=CC(c1ccc2cc(Cl)ccc2c1)S(=O)(=O)N1CCN(C(=O)CCC2CCNCC2)CC1.Cl. The van der Waals surface area contributed by atoms with Gasteiger partial charge >= 0.3 is 0 Å². The van der Waals surface area contributed by atoms with Crippen LogP contribution in [0.4, 0.5) is 0 Å². The Labute approximate surface area is 213 Å². The van der Waals surface area contributed by atoms with Gasteiger partial charge < -0.3 is 10.2 Å². The van der Waals surface area contributed by atoms with Crippen molar-refractivity contribution in [3.05, 3.63) is 59.6 Å². The first-order valence-corrected chi connectivity index (χ1v) is 13.6. The van der Waals surface area contributed by atoms with Crippen molar-refractivity contribution in [1.29, 1.82) is 0 Å². The Morgan fingerprint density at radius 1 is 1.09 bits per heavy atom. The highest BCUT2D eigenvalue weighted by Gasteiger charge is 2.34. The van der Waals surface area contributed by atoms with Crippen LogP contribution < -0.4 is 5.32 Å². The Kier molecular flexibility index (Phi) is 9.41. The standard InChI is InChI=1S/C25H32ClN3O3S.ClH/c1-2-24(22-5-4-21-18-23(26)7-6-20(21)17-22)33(31,32)29-15-13-28(14-16-29)25(30)8-3-19-9-11-27-12-10-19;/h2,4-7,17-19,24,27H,1,3,8-16H2;1H. The maximum absolute atomic E-state index is 13.4. The molecule has 2 aromatic carbocycles. The fourth-order valence-corrected chi connectivity index (χ4v) is 6.76. The minimum absolute atomic E-state index is 0. The molecule has 0 saturated carbocycles. The Bertz CT molecular complexity index is 1110. The minimum atomic E-state index is -3.64. The minimum Gasteiger partial charge on any atom is -0.340 e. The lowest BCUT2D eigenvalue weighted by molar-refractivity contribution is -0.132. The fraction of sp³-hybridized carbons (Fsp3) is 0.480. The van der Waals surface area contributed by atoms with Gasteiger partial charge in [0, 0.05) is 37.6 Å². The first-order valence-electron chi connectivity index (χ1n) is 11.7. The fourth-order valence-electron chi connectivity index (χ4n) is 4.85. The van der Waals surface area contributed by atoms with Gasteiger partial charge in [0.2, 0.25) is 15.9 Å². The number of hydrogen-bond acceptors (Lipinski definition) is 4. The summed E-state index contributed by atoms with van der Waals surface area (Å²) in [7, 11) is -3.64. The zero-order valence-corrected chi connectivity index (χ0v) is 21.7. The molecule has 2 fully saturated rings. The third-order valence-corrected chi connectivity index (χ3v) is 9.29. The summed E-state index contributed by atoms with van der Waals surface area (Å²) in [5, 5.41) is 5.06. The molecule has 34 heavy (non-hydrogen) atoms. The monoisotopic (exact) mass is 525 g/mol. The van der Waals surface area contributed by atoms with Gasteiger partial charge in [-0.25, -0.2) is 8.42 Å². The number of carbonyl (C=O) groups is 1. The van der Waals surface area contributed by atoms with E-state index in [2.05, 4.69) is 11.9 Å². The van der Waals surface area contributed by atoms with E-state index < -0.39 is 15.3 Å². The van der Waals surface area contributed by atoms with Gasteiger partial charge in [0.15, 0.2) is 0 Å². The average molecular weight is 527 g/mol. The van der Waals surface area contributed by atoms with Crippen molar-refractivity contribution in [3.8, 4) is 0 Å². The number of rotatable bonds is 7. The number of benzene rings is 2. The van der Waals surface area contributed by atoms with E-state index in [1.165, 1.54) is 10.4 Å². The van der Waals surface area contributed by atoms with Crippen LogP contribution in [-0.4, -0.2) is 62.8 Å². The first-order chi connectivity index (χ1) is 15.9. The molecule has 9 heteroatoms. The molecular weight excluding hydrogens is 493 g/mol. The van der Waals surface area contributed by atoms with Crippen LogP contribution in [-0.2, 0) is 14.8 Å². The Balaban J connectivity index is 0.00000324. The molecule has 1 unspecified atom stereocenters. The molecule has 1 atom stereocenters. The van der Waals surface area contributed by atoms with Crippen LogP contribution in [0.1, 0.15) is 36.5 Å². The number of halogens is 2. The summed E-state index contributed by atoms with van der Waals surface area (Å²) < 4.78 is 28.4. The van der Waals surface area contributed by atoms with Crippen LogP contribution in [0.2, 0.25) is 5.02 Å². The summed E-state index contributed by atoms with van der Waals surface area (Å²) in [4.78, 5) is 14.5. The molecule has 186 valence electrons. The van der Waals surface area contributed by atoms with Crippen LogP contribution in [0.15, 0.2) is 49.1 Å². The molecule has 4 rings (SSSR count). The van der Waals surface area contributed by atoms with Gasteiger partial charge in [-0.05, 0) is 72.8 Å². The normalized spacial score (nSPS) is 18.9. The number of fused-ring (bicyclic) bond motifs is 1. The van der Waals surface area contributed by atoms with E-state index in [9.17, 15) is 13.2 Å². The van der Waals surface area contributed by atoms with Crippen molar-refractivity contribution < 1.29 is 13.2 Å². The van der Waals surface area contributed by atoms with E-state index in [-0.39, 0.29) is 18.3 Å². The van der Waals surface area contributed by atoms with Gasteiger partial charge in [-0.1, -0.05) is 35.9 Å². The third-order valence-electron chi connectivity index (χ3n) is 6.87. The number of nitrogens with zero attached hydrogens (tertiary/aromatic N) is 2. The van der Waals surface area contributed by atoms with E-state index in [1.54, 1.807) is 6.07 Å². The summed E-state index contributed by atoms with van der Waals surface area (Å²) in [6.07, 6.45) is 5.22. The third kappa shape index (κ3) is 6.13. The van der Waals surface area contributed by atoms with E-state index in [4.69, 9.17) is 11.6 Å². The van der Waals surface area contributed by atoms with Crippen molar-refractivity contribution in [2.45, 2.75) is 30.9 Å². The Morgan fingerprint density at radius 2 is 1.74 bits per heavy atom. The number of hydrogen-bond donors (Lipinski definition) is 1. The Hall–Kier alpha value is -1.64. The van der Waals surface area contributed by atoms with Crippen LogP contribution in [0.25, 0.3) is 10.8 Å². The first kappa shape index (κ1) is 27.0. The molecule has 2 saturated heterocycles. The molecule has 2 aliphatic rings. The van der Waals surface area contributed by atoms with E-state index in [0.29, 0.717) is 49.1 Å². The molecule has 6 nitrogen and oxygen atoms in total. The second-order valence-corrected chi connectivity index (χ2v) is 11.5. The second kappa shape index (κ2) is 11.9. The summed E-state index contributed by atoms with van der Waals surface area (Å²) in [6, 6.07) is 11.1. The van der Waals surface area contributed by atoms with Crippen molar-refractivity contribution in [3.63, 3.8) is 0 Å². The lowest BCUT2D eigenvalue weighted by Gasteiger charge is -2.36. The van der Waals surface area contributed by atoms with Crippen molar-refractivity contribution in [2.24, 2.45) is 5.92 Å². The zero-order valence-electron chi connectivity index (χ0n) is 19.3. The van der Waals surface area contributed by atoms with Crippen molar-refractivity contribution in [1.82, 2.24) is 14.5 Å². The number of sulfonamides is 1. The van der Waals surface area contributed by atoms with Gasteiger partial charge in [0.1, 0.15) is 5.25 Å². The smallest absolute Gasteiger partial charge is 0.224 e. The summed E-state index contributed by atoms with van der Waals surface area (Å²) in [5.41, 5.74) is 0.681. The van der Waals surface area contributed by atoms with Gasteiger partial charge in [-0.2, -0.15) is 4.31 Å². The molecule has 0 radical (unpaired) electrons. The topological polar surface area (TPSA) is 69.7 Å². The highest BCUT2D eigenvalue weighted by atomic mass is 35.5. The van der Waals surface area contributed by atoms with Gasteiger partial charge in [-0.3, -0.25) is 4.79 Å². The van der Waals surface area contributed by atoms with Crippen LogP contribution >= 0.6 is 24.0 Å². The molecular formula is C25H33Cl2N3O3S. The molecule has 1 N–H and O–H groups in total. The summed E-state index contributed by atoms with van der Waals surface area (Å²) in [5.74, 6) is 0.752. The molecule has 2 heterocycles. The lowest BCUT2D eigenvalue weighted by Crippen LogP contribution is -2.51. The maximum atomic E-state index is 13.4. The highest BCUT2D eigenvalue weighted by molar-refractivity contribution is 7.89. The molecule has 1 amide bonds. The Morgan fingerprint density at radius 3 is 2.41 bits per heavy atom. The lowest BCUT2D eigenvalue weighted by atomic mass is 9.93. The molecule has 2 aliphatic heterocycles. The number of nitrogens with one attached hydrogen (secondary N) is 1. The molecule has 0 aliphatic carbocycles. The second-order valence-electron chi connectivity index (χ2n) is 8.96. The number of piperidine rings is 1. The van der Waals surface area contributed by atoms with Crippen LogP contribution in [0.3, 0.4) is 0 Å². The van der Waals surface area contributed by atoms with E-state index >= 15 is 0 Å². The molecule has 0 spiro atoms. The quantitative estimate of drug-likeness (QED) is 0.544. The van der Waals surface area contributed by atoms with Gasteiger partial charge in [0.05, 0.1) is 0 Å². The van der Waals surface area contributed by atoms with E-state index in [1.807, 2.05) is 35.2 Å². The predicted octanol–water partition coefficient (Wildman–Crippen LogP) is 4.40. The zero-order chi connectivity index (χ0) is 23.4. The summed E-state index contributed by atoms with van der Waals surface area (Å²) in [6.45, 7) is 7.37. The van der Waals surface area contributed by atoms with Crippen LogP contribution in [0, 0.1) is 5.92 Å². The highest BCUT2D eigenvalue weighted by Crippen LogP contribution is 2.31. The maximum Gasteiger partial charge on any atom is 0.224 e. The average Bonchev–Trinajstić information content (AvgIpc) is 2.83. The number of amides is 1. The van der Waals surface area contributed by atoms with E-state index in [0.717, 1.165) is 43.1 Å². The van der Waals surface area contributed by atoms with Gasteiger partial charge in [0.25, 0.3) is 0 Å². The molecule has 2 aromatic rings. The summed E-state index contributed by atoms with van der Waals surface area (Å²) >= 11 is 6.07. The number of piperazine rings is 1. The molecule has 0 aromatic heterocycles. The number of carbonyl (C=O) groups excluding carboxylic acids is 1. The van der Waals surface area contributed by atoms with Crippen LogP contribution in [0.5, 0.6) is 0 Å². The predicted molar refractivity (Wildman–Crippen MR) is 141 cm³/mol. The largest absolute Gasteiger partial charge is 0.340 e. The van der Waals surface area contributed by atoms with Crippen molar-refractivity contribution >= 4 is 50.7 Å². The van der Waals surface area contributed by atoms with Crippen molar-refractivity contribution in [2.75, 3.05) is 39.3 Å². The molecule has 0 bridgehead atoms.